The van der Waals surface area contributed by atoms with Crippen LogP contribution in [0.2, 0.25) is 0 Å². The summed E-state index contributed by atoms with van der Waals surface area (Å²) in [5.74, 6) is 2.10. The number of aryl methyl sites for hydroxylation is 2. The Morgan fingerprint density at radius 3 is 2.78 bits per heavy atom. The van der Waals surface area contributed by atoms with Crippen LogP contribution >= 0.6 is 0 Å². The summed E-state index contributed by atoms with van der Waals surface area (Å²) in [5, 5.41) is 7.63. The quantitative estimate of drug-likeness (QED) is 0.654. The van der Waals surface area contributed by atoms with Crippen LogP contribution in [0.5, 0.6) is 0 Å². The Morgan fingerprint density at radius 1 is 1.39 bits per heavy atom. The minimum atomic E-state index is 0.513. The van der Waals surface area contributed by atoms with Crippen molar-refractivity contribution in [3.05, 3.63) is 41.3 Å². The summed E-state index contributed by atoms with van der Waals surface area (Å²) < 4.78 is 1.84. The van der Waals surface area contributed by atoms with Gasteiger partial charge in [0.1, 0.15) is 0 Å². The summed E-state index contributed by atoms with van der Waals surface area (Å²) in [4.78, 5) is 8.84. The number of hydrogen-bond donors (Lipinski definition) is 2. The predicted octanol–water partition coefficient (Wildman–Crippen LogP) is 2.09. The lowest BCUT2D eigenvalue weighted by atomic mass is 9.85. The minimum Gasteiger partial charge on any atom is -0.370 e. The van der Waals surface area contributed by atoms with Crippen molar-refractivity contribution in [2.45, 2.75) is 39.7 Å². The molecule has 0 saturated heterocycles. The average molecular weight is 312 g/mol. The highest BCUT2D eigenvalue weighted by molar-refractivity contribution is 5.77. The Hall–Kier alpha value is -2.37. The van der Waals surface area contributed by atoms with Crippen molar-refractivity contribution in [3.8, 4) is 5.82 Å². The predicted molar refractivity (Wildman–Crippen MR) is 91.5 cm³/mol. The third kappa shape index (κ3) is 3.88. The topological polar surface area (TPSA) is 81.1 Å². The van der Waals surface area contributed by atoms with Gasteiger partial charge in [-0.15, -0.1) is 0 Å². The molecule has 3 N–H and O–H groups in total. The highest BCUT2D eigenvalue weighted by atomic mass is 15.3. The molecule has 0 unspecified atom stereocenters. The van der Waals surface area contributed by atoms with Crippen molar-refractivity contribution in [1.29, 1.82) is 0 Å². The molecule has 0 atom stereocenters. The molecule has 2 aromatic rings. The lowest BCUT2D eigenvalue weighted by Gasteiger charge is -2.25. The summed E-state index contributed by atoms with van der Waals surface area (Å²) in [6.45, 7) is 5.47. The molecule has 23 heavy (non-hydrogen) atoms. The van der Waals surface area contributed by atoms with Gasteiger partial charge in [0.15, 0.2) is 11.8 Å². The molecule has 6 heteroatoms. The summed E-state index contributed by atoms with van der Waals surface area (Å²) in [5.41, 5.74) is 8.99. The summed E-state index contributed by atoms with van der Waals surface area (Å²) in [6, 6.07) is 6.01. The van der Waals surface area contributed by atoms with Crippen LogP contribution in [-0.2, 0) is 6.54 Å². The van der Waals surface area contributed by atoms with Gasteiger partial charge in [-0.3, -0.25) is 0 Å². The molecule has 0 amide bonds. The Balaban J connectivity index is 1.57. The largest absolute Gasteiger partial charge is 0.370 e. The van der Waals surface area contributed by atoms with E-state index >= 15 is 0 Å². The van der Waals surface area contributed by atoms with Gasteiger partial charge >= 0.3 is 0 Å². The molecule has 0 bridgehead atoms. The van der Waals surface area contributed by atoms with E-state index in [1.165, 1.54) is 19.3 Å². The number of rotatable bonds is 5. The molecule has 0 spiro atoms. The molecule has 6 nitrogen and oxygen atoms in total. The summed E-state index contributed by atoms with van der Waals surface area (Å²) in [6.07, 6.45) is 5.78. The second kappa shape index (κ2) is 6.81. The molecule has 122 valence electrons. The molecule has 1 aliphatic carbocycles. The van der Waals surface area contributed by atoms with Crippen molar-refractivity contribution in [3.63, 3.8) is 0 Å². The van der Waals surface area contributed by atoms with Gasteiger partial charge < -0.3 is 11.1 Å². The first kappa shape index (κ1) is 15.5. The number of nitrogens with two attached hydrogens (primary N) is 1. The second-order valence-corrected chi connectivity index (χ2v) is 6.24. The molecule has 0 aromatic carbocycles. The van der Waals surface area contributed by atoms with Gasteiger partial charge in [-0.05, 0) is 50.3 Å². The van der Waals surface area contributed by atoms with Crippen LogP contribution in [0.25, 0.3) is 5.82 Å². The zero-order valence-corrected chi connectivity index (χ0v) is 13.8. The molecule has 3 rings (SSSR count). The average Bonchev–Trinajstić information content (AvgIpc) is 2.83. The third-order valence-electron chi connectivity index (χ3n) is 4.26. The van der Waals surface area contributed by atoms with Gasteiger partial charge in [0, 0.05) is 18.4 Å². The Bertz CT molecular complexity index is 682. The number of aromatic nitrogens is 3. The van der Waals surface area contributed by atoms with Crippen molar-refractivity contribution in [1.82, 2.24) is 20.1 Å². The normalized spacial score (nSPS) is 15.5. The number of nitrogens with one attached hydrogen (secondary N) is 1. The maximum atomic E-state index is 5.90. The van der Waals surface area contributed by atoms with Gasteiger partial charge in [-0.1, -0.05) is 12.5 Å². The number of nitrogens with zero attached hydrogens (tertiary/aromatic N) is 4. The lowest BCUT2D eigenvalue weighted by molar-refractivity contribution is 0.315. The lowest BCUT2D eigenvalue weighted by Crippen LogP contribution is -2.37. The molecular weight excluding hydrogens is 288 g/mol. The summed E-state index contributed by atoms with van der Waals surface area (Å²) in [7, 11) is 0. The number of guanidine groups is 1. The van der Waals surface area contributed by atoms with Crippen LogP contribution in [0.1, 0.15) is 36.2 Å². The molecule has 2 heterocycles. The monoisotopic (exact) mass is 312 g/mol. The fraction of sp³-hybridized carbons (Fsp3) is 0.471. The maximum Gasteiger partial charge on any atom is 0.188 e. The van der Waals surface area contributed by atoms with Crippen LogP contribution in [0.15, 0.2) is 29.4 Å². The van der Waals surface area contributed by atoms with Crippen molar-refractivity contribution >= 4 is 5.96 Å². The third-order valence-corrected chi connectivity index (χ3v) is 4.26. The van der Waals surface area contributed by atoms with E-state index in [1.807, 2.05) is 42.9 Å². The fourth-order valence-electron chi connectivity index (χ4n) is 2.67. The fourth-order valence-corrected chi connectivity index (χ4v) is 2.67. The molecule has 0 aliphatic heterocycles. The SMILES string of the molecule is Cc1cc(C)n(-c2ccc(CN=C(N)NCC3CCC3)cn2)n1. The second-order valence-electron chi connectivity index (χ2n) is 6.24. The Kier molecular flexibility index (Phi) is 4.60. The number of pyridine rings is 1. The first-order chi connectivity index (χ1) is 11.1. The van der Waals surface area contributed by atoms with Crippen LogP contribution in [0.4, 0.5) is 0 Å². The van der Waals surface area contributed by atoms with Gasteiger partial charge in [0.25, 0.3) is 0 Å². The molecular formula is C17H24N6. The van der Waals surface area contributed by atoms with Crippen LogP contribution < -0.4 is 11.1 Å². The highest BCUT2D eigenvalue weighted by Gasteiger charge is 2.16. The zero-order valence-electron chi connectivity index (χ0n) is 13.8. The Labute approximate surface area is 136 Å². The van der Waals surface area contributed by atoms with Gasteiger partial charge in [-0.25, -0.2) is 14.7 Å². The van der Waals surface area contributed by atoms with Crippen molar-refractivity contribution in [2.24, 2.45) is 16.6 Å². The van der Waals surface area contributed by atoms with Gasteiger partial charge in [0.05, 0.1) is 12.2 Å². The van der Waals surface area contributed by atoms with Crippen molar-refractivity contribution < 1.29 is 0 Å². The van der Waals surface area contributed by atoms with E-state index in [0.717, 1.165) is 35.2 Å². The van der Waals surface area contributed by atoms with E-state index < -0.39 is 0 Å². The number of hydrogen-bond acceptors (Lipinski definition) is 3. The molecule has 0 radical (unpaired) electrons. The molecule has 2 aromatic heterocycles. The Morgan fingerprint density at radius 2 is 2.22 bits per heavy atom. The maximum absolute atomic E-state index is 5.90. The summed E-state index contributed by atoms with van der Waals surface area (Å²) >= 11 is 0. The number of aliphatic imine (C=N–C) groups is 1. The van der Waals surface area contributed by atoms with E-state index in [9.17, 15) is 0 Å². The van der Waals surface area contributed by atoms with E-state index in [0.29, 0.717) is 12.5 Å². The minimum absolute atomic E-state index is 0.513. The standard InChI is InChI=1S/C17H24N6/c1-12-8-13(2)23(22-12)16-7-6-15(10-19-16)11-21-17(18)20-9-14-4-3-5-14/h6-8,10,14H,3-5,9,11H2,1-2H3,(H3,18,20,21). The van der Waals surface area contributed by atoms with E-state index in [1.54, 1.807) is 0 Å². The highest BCUT2D eigenvalue weighted by Crippen LogP contribution is 2.24. The molecule has 1 aliphatic rings. The first-order valence-corrected chi connectivity index (χ1v) is 8.14. The molecule has 1 saturated carbocycles. The van der Waals surface area contributed by atoms with Gasteiger partial charge in [0.2, 0.25) is 0 Å². The molecule has 1 fully saturated rings. The first-order valence-electron chi connectivity index (χ1n) is 8.14. The van der Waals surface area contributed by atoms with E-state index in [-0.39, 0.29) is 0 Å². The van der Waals surface area contributed by atoms with Crippen LogP contribution in [-0.4, -0.2) is 27.3 Å². The van der Waals surface area contributed by atoms with Crippen LogP contribution in [0.3, 0.4) is 0 Å². The van der Waals surface area contributed by atoms with Crippen molar-refractivity contribution in [2.75, 3.05) is 6.54 Å². The van der Waals surface area contributed by atoms with Crippen LogP contribution in [0, 0.1) is 19.8 Å². The smallest absolute Gasteiger partial charge is 0.188 e. The van der Waals surface area contributed by atoms with E-state index in [2.05, 4.69) is 20.4 Å². The van der Waals surface area contributed by atoms with Gasteiger partial charge in [-0.2, -0.15) is 5.10 Å². The zero-order chi connectivity index (χ0) is 16.2. The van der Waals surface area contributed by atoms with E-state index in [4.69, 9.17) is 5.73 Å².